The number of aliphatic hydroxyl groups excluding tert-OH is 1. The van der Waals surface area contributed by atoms with E-state index in [9.17, 15) is 13.5 Å². The molecule has 2 unspecified atom stereocenters. The highest BCUT2D eigenvalue weighted by molar-refractivity contribution is 7.90. The third-order valence-electron chi connectivity index (χ3n) is 4.63. The van der Waals surface area contributed by atoms with Gasteiger partial charge in [0.05, 0.1) is 4.90 Å². The minimum Gasteiger partial charge on any atom is -0.491 e. The van der Waals surface area contributed by atoms with Crippen molar-refractivity contribution in [2.45, 2.75) is 56.6 Å². The molecular weight excluding hydrogens is 338 g/mol. The lowest BCUT2D eigenvalue weighted by molar-refractivity contribution is 0.0345. The third-order valence-corrected chi connectivity index (χ3v) is 5.76. The van der Waals surface area contributed by atoms with Crippen LogP contribution in [-0.2, 0) is 9.84 Å². The molecule has 1 N–H and O–H groups in total. The largest absolute Gasteiger partial charge is 0.491 e. The Kier molecular flexibility index (Phi) is 7.28. The Morgan fingerprint density at radius 1 is 1.24 bits per heavy atom. The number of benzene rings is 1. The van der Waals surface area contributed by atoms with E-state index in [-0.39, 0.29) is 11.5 Å². The summed E-state index contributed by atoms with van der Waals surface area (Å²) in [5, 5.41) is 10.3. The molecule has 1 fully saturated rings. The lowest BCUT2D eigenvalue weighted by atomic mass is 9.94. The van der Waals surface area contributed by atoms with Gasteiger partial charge in [0.2, 0.25) is 0 Å². The van der Waals surface area contributed by atoms with Crippen LogP contribution in [0.1, 0.15) is 39.5 Å². The minimum atomic E-state index is -3.20. The second-order valence-corrected chi connectivity index (χ2v) is 9.50. The Hall–Kier alpha value is -1.11. The highest BCUT2D eigenvalue weighted by Crippen LogP contribution is 2.23. The number of rotatable bonds is 8. The maximum Gasteiger partial charge on any atom is 0.175 e. The predicted molar refractivity (Wildman–Crippen MR) is 99.7 cm³/mol. The molecule has 142 valence electrons. The SMILES string of the molecule is CC(C)CC1CCCCN1CC(O)COc1ccc(S(C)(=O)=O)cc1. The van der Waals surface area contributed by atoms with E-state index in [1.54, 1.807) is 12.1 Å². The molecule has 6 heteroatoms. The summed E-state index contributed by atoms with van der Waals surface area (Å²) in [6, 6.07) is 6.87. The normalized spacial score (nSPS) is 20.6. The number of nitrogens with zero attached hydrogens (tertiary/aromatic N) is 1. The van der Waals surface area contributed by atoms with Crippen LogP contribution in [0.15, 0.2) is 29.2 Å². The van der Waals surface area contributed by atoms with E-state index in [1.807, 2.05) is 0 Å². The average Bonchev–Trinajstić information content (AvgIpc) is 2.54. The summed E-state index contributed by atoms with van der Waals surface area (Å²) in [6.45, 7) is 6.36. The zero-order valence-corrected chi connectivity index (χ0v) is 16.3. The van der Waals surface area contributed by atoms with E-state index in [2.05, 4.69) is 18.7 Å². The quantitative estimate of drug-likeness (QED) is 0.763. The summed E-state index contributed by atoms with van der Waals surface area (Å²) >= 11 is 0. The van der Waals surface area contributed by atoms with Crippen LogP contribution in [0.3, 0.4) is 0 Å². The Morgan fingerprint density at radius 2 is 1.92 bits per heavy atom. The molecule has 0 saturated carbocycles. The topological polar surface area (TPSA) is 66.8 Å². The van der Waals surface area contributed by atoms with Crippen molar-refractivity contribution in [2.24, 2.45) is 5.92 Å². The Bertz CT molecular complexity index is 627. The maximum absolute atomic E-state index is 11.5. The summed E-state index contributed by atoms with van der Waals surface area (Å²) < 4.78 is 28.5. The first-order chi connectivity index (χ1) is 11.8. The number of hydrogen-bond donors (Lipinski definition) is 1. The van der Waals surface area contributed by atoms with Gasteiger partial charge in [0, 0.05) is 18.8 Å². The molecule has 1 aliphatic heterocycles. The highest BCUT2D eigenvalue weighted by atomic mass is 32.2. The van der Waals surface area contributed by atoms with Crippen LogP contribution >= 0.6 is 0 Å². The lowest BCUT2D eigenvalue weighted by Crippen LogP contribution is -2.45. The molecule has 1 saturated heterocycles. The van der Waals surface area contributed by atoms with Crippen molar-refractivity contribution in [3.63, 3.8) is 0 Å². The summed E-state index contributed by atoms with van der Waals surface area (Å²) in [5.41, 5.74) is 0. The molecule has 0 spiro atoms. The van der Waals surface area contributed by atoms with Gasteiger partial charge in [-0.15, -0.1) is 0 Å². The zero-order valence-electron chi connectivity index (χ0n) is 15.5. The fourth-order valence-corrected chi connectivity index (χ4v) is 4.04. The maximum atomic E-state index is 11.5. The minimum absolute atomic E-state index is 0.211. The van der Waals surface area contributed by atoms with Crippen molar-refractivity contribution in [2.75, 3.05) is 26.0 Å². The summed E-state index contributed by atoms with van der Waals surface area (Å²) in [4.78, 5) is 2.66. The van der Waals surface area contributed by atoms with Crippen LogP contribution in [0.5, 0.6) is 5.75 Å². The number of hydrogen-bond acceptors (Lipinski definition) is 5. The molecule has 0 radical (unpaired) electrons. The Balaban J connectivity index is 1.84. The molecule has 5 nitrogen and oxygen atoms in total. The number of aliphatic hydroxyl groups is 1. The van der Waals surface area contributed by atoms with Crippen LogP contribution in [-0.4, -0.2) is 56.5 Å². The third kappa shape index (κ3) is 6.60. The van der Waals surface area contributed by atoms with Gasteiger partial charge in [0.1, 0.15) is 18.5 Å². The van der Waals surface area contributed by atoms with E-state index >= 15 is 0 Å². The van der Waals surface area contributed by atoms with Crippen molar-refractivity contribution in [1.29, 1.82) is 0 Å². The van der Waals surface area contributed by atoms with Gasteiger partial charge in [-0.25, -0.2) is 8.42 Å². The van der Waals surface area contributed by atoms with Crippen LogP contribution in [0, 0.1) is 5.92 Å². The predicted octanol–water partition coefficient (Wildman–Crippen LogP) is 2.73. The molecule has 2 atom stereocenters. The van der Waals surface area contributed by atoms with Crippen molar-refractivity contribution in [3.8, 4) is 5.75 Å². The van der Waals surface area contributed by atoms with Gasteiger partial charge >= 0.3 is 0 Å². The summed E-state index contributed by atoms with van der Waals surface area (Å²) in [5.74, 6) is 1.23. The average molecular weight is 370 g/mol. The molecule has 0 bridgehead atoms. The molecule has 1 aromatic carbocycles. The van der Waals surface area contributed by atoms with Gasteiger partial charge in [0.25, 0.3) is 0 Å². The van der Waals surface area contributed by atoms with E-state index in [4.69, 9.17) is 4.74 Å². The van der Waals surface area contributed by atoms with Crippen LogP contribution < -0.4 is 4.74 Å². The highest BCUT2D eigenvalue weighted by Gasteiger charge is 2.25. The van der Waals surface area contributed by atoms with Crippen molar-refractivity contribution < 1.29 is 18.3 Å². The van der Waals surface area contributed by atoms with Crippen LogP contribution in [0.25, 0.3) is 0 Å². The zero-order chi connectivity index (χ0) is 18.4. The van der Waals surface area contributed by atoms with Gasteiger partial charge in [-0.3, -0.25) is 4.90 Å². The molecule has 0 aromatic heterocycles. The number of piperidine rings is 1. The van der Waals surface area contributed by atoms with Crippen LogP contribution in [0.2, 0.25) is 0 Å². The Morgan fingerprint density at radius 3 is 2.52 bits per heavy atom. The fourth-order valence-electron chi connectivity index (χ4n) is 3.41. The second kappa shape index (κ2) is 9.01. The standard InChI is InChI=1S/C19H31NO4S/c1-15(2)12-16-6-4-5-11-20(16)13-17(21)14-24-18-7-9-19(10-8-18)25(3,22)23/h7-10,15-17,21H,4-6,11-14H2,1-3H3. The van der Waals surface area contributed by atoms with Crippen molar-refractivity contribution in [3.05, 3.63) is 24.3 Å². The monoisotopic (exact) mass is 369 g/mol. The van der Waals surface area contributed by atoms with Crippen LogP contribution in [0.4, 0.5) is 0 Å². The summed E-state index contributed by atoms with van der Waals surface area (Å²) in [6.07, 6.45) is 5.46. The molecule has 25 heavy (non-hydrogen) atoms. The van der Waals surface area contributed by atoms with Gasteiger partial charge in [0.15, 0.2) is 9.84 Å². The first kappa shape index (κ1) is 20.2. The summed E-state index contributed by atoms with van der Waals surface area (Å²) in [7, 11) is -3.20. The number of likely N-dealkylation sites (tertiary alicyclic amines) is 1. The van der Waals surface area contributed by atoms with Gasteiger partial charge in [-0.05, 0) is 56.0 Å². The van der Waals surface area contributed by atoms with Gasteiger partial charge < -0.3 is 9.84 Å². The molecule has 0 aliphatic carbocycles. The number of sulfone groups is 1. The van der Waals surface area contributed by atoms with E-state index in [0.29, 0.717) is 24.3 Å². The smallest absolute Gasteiger partial charge is 0.175 e. The van der Waals surface area contributed by atoms with Crippen molar-refractivity contribution in [1.82, 2.24) is 4.90 Å². The first-order valence-electron chi connectivity index (χ1n) is 9.10. The van der Waals surface area contributed by atoms with Gasteiger partial charge in [-0.1, -0.05) is 20.3 Å². The molecule has 1 aliphatic rings. The molecule has 1 heterocycles. The molecule has 2 rings (SSSR count). The van der Waals surface area contributed by atoms with Crippen molar-refractivity contribution >= 4 is 9.84 Å². The van der Waals surface area contributed by atoms with Gasteiger partial charge in [-0.2, -0.15) is 0 Å². The second-order valence-electron chi connectivity index (χ2n) is 7.48. The first-order valence-corrected chi connectivity index (χ1v) is 11.0. The molecular formula is C19H31NO4S. The number of ether oxygens (including phenoxy) is 1. The Labute approximate surface area is 151 Å². The molecule has 0 amide bonds. The fraction of sp³-hybridized carbons (Fsp3) is 0.684. The molecule has 1 aromatic rings. The van der Waals surface area contributed by atoms with E-state index in [1.165, 1.54) is 44.1 Å². The number of β-amino-alcohol motifs (C(OH)–C–C–N with tert-alkyl or cyclic N) is 1. The van der Waals surface area contributed by atoms with E-state index < -0.39 is 15.9 Å². The van der Waals surface area contributed by atoms with E-state index in [0.717, 1.165) is 6.54 Å². The lowest BCUT2D eigenvalue weighted by Gasteiger charge is -2.37.